The molecule has 7 heteroatoms. The minimum Gasteiger partial charge on any atom is -0.328 e. The molecule has 1 fully saturated rings. The standard InChI is InChI=1S/C9H5Br3N2O2/c10-4-1-5(11)8(6(12)2-4)14-7(15)3-13-9(14)16/h1-2H,3H2,(H,13,16). The quantitative estimate of drug-likeness (QED) is 0.721. The van der Waals surface area contributed by atoms with E-state index in [1.165, 1.54) is 0 Å². The zero-order chi connectivity index (χ0) is 11.9. The lowest BCUT2D eigenvalue weighted by Crippen LogP contribution is -2.31. The van der Waals surface area contributed by atoms with E-state index in [9.17, 15) is 9.59 Å². The highest BCUT2D eigenvalue weighted by Crippen LogP contribution is 2.37. The molecule has 84 valence electrons. The van der Waals surface area contributed by atoms with Gasteiger partial charge in [0, 0.05) is 13.4 Å². The molecule has 0 aliphatic carbocycles. The number of nitrogens with zero attached hydrogens (tertiary/aromatic N) is 1. The highest BCUT2D eigenvalue weighted by atomic mass is 79.9. The van der Waals surface area contributed by atoms with Gasteiger partial charge in [-0.15, -0.1) is 0 Å². The average Bonchev–Trinajstić information content (AvgIpc) is 2.47. The number of anilines is 1. The van der Waals surface area contributed by atoms with E-state index in [2.05, 4.69) is 53.1 Å². The van der Waals surface area contributed by atoms with Gasteiger partial charge in [0.1, 0.15) is 0 Å². The third kappa shape index (κ3) is 2.03. The summed E-state index contributed by atoms with van der Waals surface area (Å²) in [4.78, 5) is 24.2. The molecule has 4 nitrogen and oxygen atoms in total. The molecule has 1 aliphatic rings. The second-order valence-corrected chi connectivity index (χ2v) is 5.73. The van der Waals surface area contributed by atoms with Gasteiger partial charge in [-0.3, -0.25) is 4.79 Å². The normalized spacial score (nSPS) is 15.6. The lowest BCUT2D eigenvalue weighted by molar-refractivity contribution is -0.115. The Morgan fingerprint density at radius 3 is 2.12 bits per heavy atom. The van der Waals surface area contributed by atoms with Crippen molar-refractivity contribution in [2.75, 3.05) is 11.4 Å². The van der Waals surface area contributed by atoms with Gasteiger partial charge in [0.2, 0.25) is 0 Å². The maximum Gasteiger partial charge on any atom is 0.329 e. The number of imide groups is 1. The van der Waals surface area contributed by atoms with Crippen molar-refractivity contribution >= 4 is 65.4 Å². The predicted molar refractivity (Wildman–Crippen MR) is 70.4 cm³/mol. The van der Waals surface area contributed by atoms with Crippen molar-refractivity contribution in [1.82, 2.24) is 5.32 Å². The van der Waals surface area contributed by atoms with E-state index in [0.717, 1.165) is 9.37 Å². The van der Waals surface area contributed by atoms with E-state index >= 15 is 0 Å². The maximum atomic E-state index is 11.6. The van der Waals surface area contributed by atoms with Crippen molar-refractivity contribution in [3.63, 3.8) is 0 Å². The largest absolute Gasteiger partial charge is 0.329 e. The number of carbonyl (C=O) groups is 2. The van der Waals surface area contributed by atoms with Crippen LogP contribution in [-0.2, 0) is 4.79 Å². The number of hydrogen-bond donors (Lipinski definition) is 1. The summed E-state index contributed by atoms with van der Waals surface area (Å²) in [5.41, 5.74) is 0.517. The second kappa shape index (κ2) is 4.46. The van der Waals surface area contributed by atoms with Crippen molar-refractivity contribution in [1.29, 1.82) is 0 Å². The molecule has 0 saturated carbocycles. The number of nitrogens with one attached hydrogen (secondary N) is 1. The molecule has 0 spiro atoms. The Morgan fingerprint density at radius 2 is 1.69 bits per heavy atom. The Bertz CT molecular complexity index is 451. The molecular weight excluding hydrogens is 408 g/mol. The summed E-state index contributed by atoms with van der Waals surface area (Å²) in [7, 11) is 0. The molecule has 16 heavy (non-hydrogen) atoms. The molecule has 3 amide bonds. The molecule has 1 aliphatic heterocycles. The van der Waals surface area contributed by atoms with Gasteiger partial charge in [-0.1, -0.05) is 15.9 Å². The van der Waals surface area contributed by atoms with Crippen LogP contribution in [0.25, 0.3) is 0 Å². The summed E-state index contributed by atoms with van der Waals surface area (Å²) in [6.07, 6.45) is 0. The van der Waals surface area contributed by atoms with Crippen LogP contribution < -0.4 is 10.2 Å². The fourth-order valence-corrected chi connectivity index (χ4v) is 4.01. The Hall–Kier alpha value is -0.400. The summed E-state index contributed by atoms with van der Waals surface area (Å²) in [6.45, 7) is 0.0355. The first-order chi connectivity index (χ1) is 7.50. The first kappa shape index (κ1) is 12.1. The van der Waals surface area contributed by atoms with Crippen LogP contribution in [0.4, 0.5) is 10.5 Å². The Labute approximate surface area is 117 Å². The molecule has 1 N–H and O–H groups in total. The molecule has 0 aromatic heterocycles. The first-order valence-electron chi connectivity index (χ1n) is 4.26. The fraction of sp³-hybridized carbons (Fsp3) is 0.111. The zero-order valence-corrected chi connectivity index (χ0v) is 12.5. The van der Waals surface area contributed by atoms with Crippen molar-refractivity contribution in [2.24, 2.45) is 0 Å². The van der Waals surface area contributed by atoms with E-state index in [4.69, 9.17) is 0 Å². The first-order valence-corrected chi connectivity index (χ1v) is 6.64. The van der Waals surface area contributed by atoms with Gasteiger partial charge < -0.3 is 5.32 Å². The lowest BCUT2D eigenvalue weighted by atomic mass is 10.3. The maximum absolute atomic E-state index is 11.6. The highest BCUT2D eigenvalue weighted by molar-refractivity contribution is 9.11. The number of benzene rings is 1. The highest BCUT2D eigenvalue weighted by Gasteiger charge is 2.32. The number of urea groups is 1. The minimum atomic E-state index is -0.409. The van der Waals surface area contributed by atoms with Crippen LogP contribution >= 0.6 is 47.8 Å². The number of halogens is 3. The SMILES string of the molecule is O=C1CNC(=O)N1c1c(Br)cc(Br)cc1Br. The monoisotopic (exact) mass is 410 g/mol. The summed E-state index contributed by atoms with van der Waals surface area (Å²) in [5.74, 6) is -0.270. The fourth-order valence-electron chi connectivity index (χ4n) is 1.40. The molecule has 2 rings (SSSR count). The van der Waals surface area contributed by atoms with Gasteiger partial charge in [-0.2, -0.15) is 0 Å². The molecular formula is C9H5Br3N2O2. The van der Waals surface area contributed by atoms with Gasteiger partial charge in [0.25, 0.3) is 5.91 Å². The van der Waals surface area contributed by atoms with Crippen molar-refractivity contribution in [3.8, 4) is 0 Å². The van der Waals surface area contributed by atoms with Gasteiger partial charge in [0.05, 0.1) is 12.2 Å². The van der Waals surface area contributed by atoms with Crippen LogP contribution in [0.5, 0.6) is 0 Å². The third-order valence-corrected chi connectivity index (χ3v) is 3.72. The van der Waals surface area contributed by atoms with Crippen LogP contribution in [0.1, 0.15) is 0 Å². The number of rotatable bonds is 1. The molecule has 1 saturated heterocycles. The summed E-state index contributed by atoms with van der Waals surface area (Å²) < 4.78 is 2.18. The summed E-state index contributed by atoms with van der Waals surface area (Å²) in [6, 6.07) is 3.14. The summed E-state index contributed by atoms with van der Waals surface area (Å²) >= 11 is 9.98. The zero-order valence-electron chi connectivity index (χ0n) is 7.76. The van der Waals surface area contributed by atoms with Crippen LogP contribution in [0, 0.1) is 0 Å². The van der Waals surface area contributed by atoms with Gasteiger partial charge >= 0.3 is 6.03 Å². The van der Waals surface area contributed by atoms with E-state index < -0.39 is 6.03 Å². The number of amides is 3. The smallest absolute Gasteiger partial charge is 0.328 e. The van der Waals surface area contributed by atoms with Crippen molar-refractivity contribution in [3.05, 3.63) is 25.6 Å². The van der Waals surface area contributed by atoms with Crippen LogP contribution in [0.3, 0.4) is 0 Å². The molecule has 1 heterocycles. The van der Waals surface area contributed by atoms with E-state index in [1.807, 2.05) is 0 Å². The molecule has 1 aromatic rings. The van der Waals surface area contributed by atoms with Gasteiger partial charge in [-0.05, 0) is 44.0 Å². The van der Waals surface area contributed by atoms with E-state index in [-0.39, 0.29) is 12.5 Å². The molecule has 0 unspecified atom stereocenters. The Balaban J connectivity index is 2.55. The lowest BCUT2D eigenvalue weighted by Gasteiger charge is -2.16. The number of hydrogen-bond acceptors (Lipinski definition) is 2. The van der Waals surface area contributed by atoms with E-state index in [1.54, 1.807) is 12.1 Å². The second-order valence-electron chi connectivity index (χ2n) is 3.11. The predicted octanol–water partition coefficient (Wildman–Crippen LogP) is 3.03. The molecule has 0 radical (unpaired) electrons. The topological polar surface area (TPSA) is 49.4 Å². The molecule has 0 bridgehead atoms. The third-order valence-electron chi connectivity index (χ3n) is 2.05. The average molecular weight is 413 g/mol. The van der Waals surface area contributed by atoms with Crippen LogP contribution in [-0.4, -0.2) is 18.5 Å². The minimum absolute atomic E-state index is 0.0355. The van der Waals surface area contributed by atoms with Crippen molar-refractivity contribution in [2.45, 2.75) is 0 Å². The van der Waals surface area contributed by atoms with Gasteiger partial charge in [-0.25, -0.2) is 9.69 Å². The summed E-state index contributed by atoms with van der Waals surface area (Å²) in [5, 5.41) is 2.47. The molecule has 0 atom stereocenters. The molecule has 1 aromatic carbocycles. The van der Waals surface area contributed by atoms with E-state index in [0.29, 0.717) is 14.6 Å². The van der Waals surface area contributed by atoms with Crippen LogP contribution in [0.2, 0.25) is 0 Å². The van der Waals surface area contributed by atoms with Crippen LogP contribution in [0.15, 0.2) is 25.6 Å². The Kier molecular flexibility index (Phi) is 3.37. The number of carbonyl (C=O) groups excluding carboxylic acids is 2. The van der Waals surface area contributed by atoms with Gasteiger partial charge in [0.15, 0.2) is 0 Å². The van der Waals surface area contributed by atoms with Crippen molar-refractivity contribution < 1.29 is 9.59 Å². The Morgan fingerprint density at radius 1 is 1.12 bits per heavy atom.